The molecular formula is C10H12N2O3. The van der Waals surface area contributed by atoms with Gasteiger partial charge in [0, 0.05) is 12.2 Å². The molecule has 0 atom stereocenters. The number of rotatable bonds is 4. The summed E-state index contributed by atoms with van der Waals surface area (Å²) in [6.45, 7) is 1.76. The third kappa shape index (κ3) is 3.14. The van der Waals surface area contributed by atoms with E-state index in [1.165, 1.54) is 6.20 Å². The average molecular weight is 208 g/mol. The fraction of sp³-hybridized carbons (Fsp3) is 0.300. The minimum Gasteiger partial charge on any atom is -0.396 e. The summed E-state index contributed by atoms with van der Waals surface area (Å²) in [5.41, 5.74) is 1.26. The van der Waals surface area contributed by atoms with Crippen molar-refractivity contribution >= 4 is 11.8 Å². The first kappa shape index (κ1) is 11.3. The van der Waals surface area contributed by atoms with Crippen LogP contribution >= 0.6 is 0 Å². The van der Waals surface area contributed by atoms with Gasteiger partial charge in [0.15, 0.2) is 0 Å². The Morgan fingerprint density at radius 2 is 2.40 bits per heavy atom. The van der Waals surface area contributed by atoms with Crippen molar-refractivity contribution in [2.75, 3.05) is 6.61 Å². The third-order valence-electron chi connectivity index (χ3n) is 1.89. The van der Waals surface area contributed by atoms with Gasteiger partial charge in [0.1, 0.15) is 6.20 Å². The van der Waals surface area contributed by atoms with Crippen LogP contribution in [0, 0.1) is 17.0 Å². The van der Waals surface area contributed by atoms with Crippen LogP contribution in [0.15, 0.2) is 18.3 Å². The maximum absolute atomic E-state index is 10.5. The molecule has 1 aromatic rings. The zero-order valence-electron chi connectivity index (χ0n) is 8.38. The van der Waals surface area contributed by atoms with Crippen molar-refractivity contribution in [1.29, 1.82) is 0 Å². The van der Waals surface area contributed by atoms with E-state index in [2.05, 4.69) is 4.98 Å². The molecule has 0 radical (unpaired) electrons. The second-order valence-corrected chi connectivity index (χ2v) is 3.07. The molecule has 5 nitrogen and oxygen atoms in total. The molecular weight excluding hydrogens is 196 g/mol. The van der Waals surface area contributed by atoms with E-state index < -0.39 is 4.92 Å². The third-order valence-corrected chi connectivity index (χ3v) is 1.89. The lowest BCUT2D eigenvalue weighted by molar-refractivity contribution is -0.385. The molecule has 0 unspecified atom stereocenters. The molecule has 0 aromatic carbocycles. The summed E-state index contributed by atoms with van der Waals surface area (Å²) >= 11 is 0. The highest BCUT2D eigenvalue weighted by atomic mass is 16.6. The summed E-state index contributed by atoms with van der Waals surface area (Å²) in [6, 6.07) is 1.64. The van der Waals surface area contributed by atoms with E-state index in [1.807, 2.05) is 0 Å². The summed E-state index contributed by atoms with van der Waals surface area (Å²) in [6.07, 6.45) is 5.30. The predicted molar refractivity (Wildman–Crippen MR) is 56.4 cm³/mol. The maximum atomic E-state index is 10.5. The quantitative estimate of drug-likeness (QED) is 0.603. The molecule has 1 N–H and O–H groups in total. The molecule has 0 fully saturated rings. The highest BCUT2D eigenvalue weighted by molar-refractivity contribution is 5.49. The Bertz CT molecular complexity index is 388. The molecule has 5 heteroatoms. The van der Waals surface area contributed by atoms with Crippen LogP contribution < -0.4 is 0 Å². The van der Waals surface area contributed by atoms with Gasteiger partial charge in [0.2, 0.25) is 0 Å². The van der Waals surface area contributed by atoms with Gasteiger partial charge < -0.3 is 5.11 Å². The van der Waals surface area contributed by atoms with Crippen LogP contribution in [-0.2, 0) is 0 Å². The Labute approximate surface area is 87.2 Å². The number of nitro groups is 1. The SMILES string of the molecule is Cc1cc(C=CCCO)ncc1[N+](=O)[O-]. The molecule has 1 rings (SSSR count). The van der Waals surface area contributed by atoms with Crippen LogP contribution in [0.1, 0.15) is 17.7 Å². The van der Waals surface area contributed by atoms with Gasteiger partial charge in [-0.3, -0.25) is 10.1 Å². The van der Waals surface area contributed by atoms with E-state index in [4.69, 9.17) is 5.11 Å². The zero-order valence-corrected chi connectivity index (χ0v) is 8.38. The molecule has 80 valence electrons. The zero-order chi connectivity index (χ0) is 11.3. The van der Waals surface area contributed by atoms with E-state index in [1.54, 1.807) is 25.1 Å². The van der Waals surface area contributed by atoms with Crippen molar-refractivity contribution in [2.45, 2.75) is 13.3 Å². The Morgan fingerprint density at radius 1 is 1.67 bits per heavy atom. The van der Waals surface area contributed by atoms with Gasteiger partial charge in [-0.15, -0.1) is 0 Å². The number of aryl methyl sites for hydroxylation is 1. The Hall–Kier alpha value is -1.75. The first-order valence-corrected chi connectivity index (χ1v) is 4.53. The molecule has 0 bridgehead atoms. The fourth-order valence-corrected chi connectivity index (χ4v) is 1.13. The smallest absolute Gasteiger partial charge is 0.290 e. The van der Waals surface area contributed by atoms with Crippen molar-refractivity contribution in [2.24, 2.45) is 0 Å². The lowest BCUT2D eigenvalue weighted by Gasteiger charge is -1.97. The van der Waals surface area contributed by atoms with Crippen LogP contribution in [-0.4, -0.2) is 21.6 Å². The molecule has 0 saturated carbocycles. The van der Waals surface area contributed by atoms with Gasteiger partial charge in [0.05, 0.1) is 10.6 Å². The maximum Gasteiger partial charge on any atom is 0.290 e. The number of nitrogens with zero attached hydrogens (tertiary/aromatic N) is 2. The van der Waals surface area contributed by atoms with Crippen LogP contribution in [0.4, 0.5) is 5.69 Å². The number of aliphatic hydroxyl groups excluding tert-OH is 1. The molecule has 0 aliphatic rings. The normalized spacial score (nSPS) is 10.8. The number of pyridine rings is 1. The van der Waals surface area contributed by atoms with Gasteiger partial charge in [-0.1, -0.05) is 6.08 Å². The van der Waals surface area contributed by atoms with E-state index in [0.29, 0.717) is 17.7 Å². The molecule has 0 saturated heterocycles. The summed E-state index contributed by atoms with van der Waals surface area (Å²) in [5, 5.41) is 19.1. The van der Waals surface area contributed by atoms with Crippen molar-refractivity contribution in [3.63, 3.8) is 0 Å². The largest absolute Gasteiger partial charge is 0.396 e. The molecule has 0 spiro atoms. The molecule has 0 aliphatic carbocycles. The second-order valence-electron chi connectivity index (χ2n) is 3.07. The monoisotopic (exact) mass is 208 g/mol. The highest BCUT2D eigenvalue weighted by Crippen LogP contribution is 2.16. The van der Waals surface area contributed by atoms with Crippen molar-refractivity contribution in [3.8, 4) is 0 Å². The molecule has 1 aromatic heterocycles. The van der Waals surface area contributed by atoms with Gasteiger partial charge in [-0.2, -0.15) is 0 Å². The van der Waals surface area contributed by atoms with Crippen molar-refractivity contribution < 1.29 is 10.0 Å². The minimum atomic E-state index is -0.455. The van der Waals surface area contributed by atoms with Crippen LogP contribution in [0.3, 0.4) is 0 Å². The number of aliphatic hydroxyl groups is 1. The molecule has 1 heterocycles. The average Bonchev–Trinajstić information content (AvgIpc) is 2.17. The Morgan fingerprint density at radius 3 is 2.93 bits per heavy atom. The van der Waals surface area contributed by atoms with Crippen LogP contribution in [0.5, 0.6) is 0 Å². The highest BCUT2D eigenvalue weighted by Gasteiger charge is 2.09. The van der Waals surface area contributed by atoms with Crippen molar-refractivity contribution in [1.82, 2.24) is 4.98 Å². The van der Waals surface area contributed by atoms with Crippen molar-refractivity contribution in [3.05, 3.63) is 39.7 Å². The van der Waals surface area contributed by atoms with E-state index in [0.717, 1.165) is 0 Å². The fourth-order valence-electron chi connectivity index (χ4n) is 1.13. The lowest BCUT2D eigenvalue weighted by atomic mass is 10.2. The lowest BCUT2D eigenvalue weighted by Crippen LogP contribution is -1.94. The summed E-state index contributed by atoms with van der Waals surface area (Å²) in [4.78, 5) is 14.0. The molecule has 0 amide bonds. The predicted octanol–water partition coefficient (Wildman–Crippen LogP) is 1.69. The second kappa shape index (κ2) is 5.21. The molecule has 15 heavy (non-hydrogen) atoms. The van der Waals surface area contributed by atoms with E-state index in [-0.39, 0.29) is 12.3 Å². The van der Waals surface area contributed by atoms with Gasteiger partial charge in [0.25, 0.3) is 5.69 Å². The first-order valence-electron chi connectivity index (χ1n) is 4.53. The van der Waals surface area contributed by atoms with Gasteiger partial charge in [-0.05, 0) is 25.5 Å². The topological polar surface area (TPSA) is 76.3 Å². The summed E-state index contributed by atoms with van der Waals surface area (Å²) in [5.74, 6) is 0. The molecule has 0 aliphatic heterocycles. The Balaban J connectivity index is 2.87. The number of hydrogen-bond acceptors (Lipinski definition) is 4. The summed E-state index contributed by atoms with van der Waals surface area (Å²) in [7, 11) is 0. The van der Waals surface area contributed by atoms with Gasteiger partial charge >= 0.3 is 0 Å². The number of hydrogen-bond donors (Lipinski definition) is 1. The standard InChI is InChI=1S/C10H12N2O3/c1-8-6-9(4-2-3-5-13)11-7-10(8)12(14)15/h2,4,6-7,13H,3,5H2,1H3. The number of aromatic nitrogens is 1. The van der Waals surface area contributed by atoms with E-state index >= 15 is 0 Å². The summed E-state index contributed by atoms with van der Waals surface area (Å²) < 4.78 is 0. The Kier molecular flexibility index (Phi) is 3.93. The van der Waals surface area contributed by atoms with Crippen LogP contribution in [0.25, 0.3) is 6.08 Å². The van der Waals surface area contributed by atoms with E-state index in [9.17, 15) is 10.1 Å². The minimum absolute atomic E-state index is 0.0225. The van der Waals surface area contributed by atoms with Crippen LogP contribution in [0.2, 0.25) is 0 Å². The van der Waals surface area contributed by atoms with Gasteiger partial charge in [-0.25, -0.2) is 4.98 Å². The first-order chi connectivity index (χ1) is 7.15.